The summed E-state index contributed by atoms with van der Waals surface area (Å²) in [5, 5.41) is 9.47. The standard InChI is InChI=1S/C27H24O4S/c1-19-7-17-24(18-8-19)32(29,30)27(25-5-3-4-6-26(25)28)22-11-9-20(10-12-22)21-13-15-23(31-2)16-14-21/h3-18,27-28H,1-2H3. The van der Waals surface area contributed by atoms with Crippen LogP contribution in [0.3, 0.4) is 0 Å². The largest absolute Gasteiger partial charge is 0.508 e. The molecule has 0 saturated carbocycles. The third-order valence-corrected chi connectivity index (χ3v) is 7.59. The van der Waals surface area contributed by atoms with Crippen LogP contribution in [0.2, 0.25) is 0 Å². The van der Waals surface area contributed by atoms with Crippen LogP contribution in [0.15, 0.2) is 102 Å². The Kier molecular flexibility index (Phi) is 6.01. The number of rotatable bonds is 6. The molecule has 1 unspecified atom stereocenters. The third kappa shape index (κ3) is 4.25. The number of para-hydroxylation sites is 1. The van der Waals surface area contributed by atoms with E-state index in [2.05, 4.69) is 0 Å². The van der Waals surface area contributed by atoms with Crippen molar-refractivity contribution < 1.29 is 18.3 Å². The van der Waals surface area contributed by atoms with E-state index >= 15 is 0 Å². The van der Waals surface area contributed by atoms with Crippen LogP contribution in [0.1, 0.15) is 21.9 Å². The van der Waals surface area contributed by atoms with Crippen molar-refractivity contribution in [2.45, 2.75) is 17.1 Å². The normalized spacial score (nSPS) is 12.3. The molecule has 4 rings (SSSR count). The number of hydrogen-bond donors (Lipinski definition) is 1. The SMILES string of the molecule is COc1ccc(-c2ccc(C(c3ccccc3O)S(=O)(=O)c3ccc(C)cc3)cc2)cc1. The van der Waals surface area contributed by atoms with Gasteiger partial charge < -0.3 is 9.84 Å². The first-order valence-corrected chi connectivity index (χ1v) is 11.8. The summed E-state index contributed by atoms with van der Waals surface area (Å²) >= 11 is 0. The average Bonchev–Trinajstić information content (AvgIpc) is 2.81. The number of aromatic hydroxyl groups is 1. The highest BCUT2D eigenvalue weighted by molar-refractivity contribution is 7.92. The van der Waals surface area contributed by atoms with Crippen molar-refractivity contribution >= 4 is 9.84 Å². The number of hydrogen-bond acceptors (Lipinski definition) is 4. The highest BCUT2D eigenvalue weighted by atomic mass is 32.2. The Hall–Kier alpha value is -3.57. The lowest BCUT2D eigenvalue weighted by molar-refractivity contribution is 0.415. The number of aryl methyl sites for hydroxylation is 1. The molecule has 0 spiro atoms. The van der Waals surface area contributed by atoms with E-state index in [1.54, 1.807) is 49.6 Å². The van der Waals surface area contributed by atoms with Gasteiger partial charge in [0.25, 0.3) is 0 Å². The summed E-state index contributed by atoms with van der Waals surface area (Å²) in [5.74, 6) is 0.724. The van der Waals surface area contributed by atoms with Crippen molar-refractivity contribution in [1.82, 2.24) is 0 Å². The second kappa shape index (κ2) is 8.89. The highest BCUT2D eigenvalue weighted by Crippen LogP contribution is 2.39. The summed E-state index contributed by atoms with van der Waals surface area (Å²) < 4.78 is 32.6. The number of phenols is 1. The van der Waals surface area contributed by atoms with Gasteiger partial charge in [-0.15, -0.1) is 0 Å². The first kappa shape index (κ1) is 21.7. The third-order valence-electron chi connectivity index (χ3n) is 5.52. The summed E-state index contributed by atoms with van der Waals surface area (Å²) in [7, 11) is -2.19. The molecule has 32 heavy (non-hydrogen) atoms. The van der Waals surface area contributed by atoms with Crippen molar-refractivity contribution in [2.24, 2.45) is 0 Å². The van der Waals surface area contributed by atoms with Crippen molar-refractivity contribution in [2.75, 3.05) is 7.11 Å². The zero-order valence-electron chi connectivity index (χ0n) is 17.9. The number of phenolic OH excluding ortho intramolecular Hbond substituents is 1. The molecular formula is C27H24O4S. The van der Waals surface area contributed by atoms with Crippen LogP contribution in [0.25, 0.3) is 11.1 Å². The Morgan fingerprint density at radius 3 is 1.88 bits per heavy atom. The Morgan fingerprint density at radius 2 is 1.31 bits per heavy atom. The minimum absolute atomic E-state index is 0.0487. The van der Waals surface area contributed by atoms with E-state index < -0.39 is 15.1 Å². The van der Waals surface area contributed by atoms with Gasteiger partial charge in [-0.05, 0) is 53.9 Å². The van der Waals surface area contributed by atoms with Gasteiger partial charge >= 0.3 is 0 Å². The molecular weight excluding hydrogens is 420 g/mol. The fourth-order valence-corrected chi connectivity index (χ4v) is 5.57. The lowest BCUT2D eigenvalue weighted by atomic mass is 9.99. The lowest BCUT2D eigenvalue weighted by Gasteiger charge is -2.20. The average molecular weight is 445 g/mol. The maximum Gasteiger partial charge on any atom is 0.189 e. The fourth-order valence-electron chi connectivity index (χ4n) is 3.73. The van der Waals surface area contributed by atoms with Gasteiger partial charge in [0.05, 0.1) is 12.0 Å². The highest BCUT2D eigenvalue weighted by Gasteiger charge is 2.32. The van der Waals surface area contributed by atoms with Gasteiger partial charge in [0.2, 0.25) is 0 Å². The molecule has 1 atom stereocenters. The predicted octanol–water partition coefficient (Wildman–Crippen LogP) is 5.94. The number of sulfone groups is 1. The molecule has 4 aromatic carbocycles. The minimum atomic E-state index is -3.81. The molecule has 0 fully saturated rings. The quantitative estimate of drug-likeness (QED) is 0.400. The van der Waals surface area contributed by atoms with Crippen molar-refractivity contribution in [1.29, 1.82) is 0 Å². The van der Waals surface area contributed by atoms with Crippen molar-refractivity contribution in [3.63, 3.8) is 0 Å². The van der Waals surface area contributed by atoms with Gasteiger partial charge in [-0.25, -0.2) is 8.42 Å². The zero-order chi connectivity index (χ0) is 22.7. The van der Waals surface area contributed by atoms with E-state index in [4.69, 9.17) is 4.74 Å². The Balaban J connectivity index is 1.80. The molecule has 0 amide bonds. The predicted molar refractivity (Wildman–Crippen MR) is 127 cm³/mol. The summed E-state index contributed by atoms with van der Waals surface area (Å²) in [5.41, 5.74) is 3.87. The summed E-state index contributed by atoms with van der Waals surface area (Å²) in [6, 6.07) is 28.5. The molecule has 0 saturated heterocycles. The molecule has 5 heteroatoms. The van der Waals surface area contributed by atoms with Crippen LogP contribution >= 0.6 is 0 Å². The van der Waals surface area contributed by atoms with Crippen molar-refractivity contribution in [3.8, 4) is 22.6 Å². The van der Waals surface area contributed by atoms with Gasteiger partial charge in [0, 0.05) is 5.56 Å². The molecule has 162 valence electrons. The van der Waals surface area contributed by atoms with Gasteiger partial charge in [0.15, 0.2) is 9.84 Å². The van der Waals surface area contributed by atoms with Crippen LogP contribution in [0, 0.1) is 6.92 Å². The summed E-state index contributed by atoms with van der Waals surface area (Å²) in [4.78, 5) is 0.218. The Morgan fingerprint density at radius 1 is 0.750 bits per heavy atom. The molecule has 4 nitrogen and oxygen atoms in total. The van der Waals surface area contributed by atoms with Crippen LogP contribution < -0.4 is 4.74 Å². The topological polar surface area (TPSA) is 63.6 Å². The van der Waals surface area contributed by atoms with Gasteiger partial charge in [-0.2, -0.15) is 0 Å². The molecule has 0 heterocycles. The first-order chi connectivity index (χ1) is 15.4. The molecule has 0 aliphatic rings. The molecule has 0 bridgehead atoms. The molecule has 0 aliphatic heterocycles. The zero-order valence-corrected chi connectivity index (χ0v) is 18.7. The fraction of sp³-hybridized carbons (Fsp3) is 0.111. The van der Waals surface area contributed by atoms with Crippen LogP contribution in [0.4, 0.5) is 0 Å². The van der Waals surface area contributed by atoms with Crippen LogP contribution in [-0.4, -0.2) is 20.6 Å². The molecule has 0 aromatic heterocycles. The van der Waals surface area contributed by atoms with E-state index in [1.165, 1.54) is 6.07 Å². The van der Waals surface area contributed by atoms with Gasteiger partial charge in [-0.3, -0.25) is 0 Å². The van der Waals surface area contributed by atoms with Crippen LogP contribution in [-0.2, 0) is 9.84 Å². The van der Waals surface area contributed by atoms with E-state index in [9.17, 15) is 13.5 Å². The second-order valence-electron chi connectivity index (χ2n) is 7.65. The Labute approximate surface area is 188 Å². The molecule has 0 radical (unpaired) electrons. The molecule has 1 N–H and O–H groups in total. The van der Waals surface area contributed by atoms with E-state index in [0.29, 0.717) is 11.1 Å². The molecule has 4 aromatic rings. The van der Waals surface area contributed by atoms with Crippen molar-refractivity contribution in [3.05, 3.63) is 114 Å². The minimum Gasteiger partial charge on any atom is -0.508 e. The number of methoxy groups -OCH3 is 1. The van der Waals surface area contributed by atoms with Gasteiger partial charge in [0.1, 0.15) is 16.7 Å². The van der Waals surface area contributed by atoms with Gasteiger partial charge in [-0.1, -0.05) is 72.3 Å². The maximum atomic E-state index is 13.7. The van der Waals surface area contributed by atoms with E-state index in [0.717, 1.165) is 22.4 Å². The number of benzene rings is 4. The molecule has 0 aliphatic carbocycles. The number of ether oxygens (including phenoxy) is 1. The summed E-state index contributed by atoms with van der Waals surface area (Å²) in [6.07, 6.45) is 0. The Bertz CT molecular complexity index is 1310. The second-order valence-corrected chi connectivity index (χ2v) is 9.68. The van der Waals surface area contributed by atoms with E-state index in [1.807, 2.05) is 55.5 Å². The first-order valence-electron chi connectivity index (χ1n) is 10.2. The maximum absolute atomic E-state index is 13.7. The monoisotopic (exact) mass is 444 g/mol. The van der Waals surface area contributed by atoms with Crippen LogP contribution in [0.5, 0.6) is 11.5 Å². The smallest absolute Gasteiger partial charge is 0.189 e. The lowest BCUT2D eigenvalue weighted by Crippen LogP contribution is -2.15. The van der Waals surface area contributed by atoms with E-state index in [-0.39, 0.29) is 10.6 Å². The summed E-state index contributed by atoms with van der Waals surface area (Å²) in [6.45, 7) is 1.91.